The molecule has 9 nitrogen and oxygen atoms in total. The summed E-state index contributed by atoms with van der Waals surface area (Å²) in [7, 11) is -6.23. The molecule has 1 amide bonds. The average molecular weight is 413 g/mol. The second-order valence-electron chi connectivity index (χ2n) is 4.53. The Morgan fingerprint density at radius 3 is 2.04 bits per heavy atom. The number of ketones is 1. The first kappa shape index (κ1) is 23.9. The van der Waals surface area contributed by atoms with Gasteiger partial charge in [-0.05, 0) is 6.92 Å². The van der Waals surface area contributed by atoms with Gasteiger partial charge in [-0.3, -0.25) is 14.1 Å². The van der Waals surface area contributed by atoms with Crippen LogP contribution in [0.5, 0.6) is 0 Å². The molecule has 15 heteroatoms. The molecular formula is C11H12F5NO8S. The Bertz CT molecular complexity index is 689. The van der Waals surface area contributed by atoms with Crippen LogP contribution < -0.4 is 5.32 Å². The van der Waals surface area contributed by atoms with Gasteiger partial charge in [-0.25, -0.2) is 4.79 Å². The van der Waals surface area contributed by atoms with Crippen molar-refractivity contribution in [3.05, 3.63) is 12.7 Å². The standard InChI is InChI=1S/C11H12F5NO8S/c1-3-7(19)25-10(11(14,15)16,8(20)17-4-6(2)18)24-5-9(12,13)26(21,22)23/h3H,1,4-5H2,2H3,(H,17,20)(H,21,22,23). The van der Waals surface area contributed by atoms with Crippen molar-refractivity contribution in [2.75, 3.05) is 13.2 Å². The van der Waals surface area contributed by atoms with Crippen molar-refractivity contribution in [1.82, 2.24) is 5.32 Å². The molecule has 150 valence electrons. The molecule has 0 aliphatic rings. The van der Waals surface area contributed by atoms with Crippen LogP contribution in [0.2, 0.25) is 0 Å². The van der Waals surface area contributed by atoms with Crippen molar-refractivity contribution in [1.29, 1.82) is 0 Å². The van der Waals surface area contributed by atoms with E-state index in [0.717, 1.165) is 6.92 Å². The maximum Gasteiger partial charge on any atom is 0.466 e. The number of rotatable bonds is 9. The van der Waals surface area contributed by atoms with Gasteiger partial charge >= 0.3 is 39.2 Å². The third-order valence-electron chi connectivity index (χ3n) is 2.40. The monoisotopic (exact) mass is 413 g/mol. The van der Waals surface area contributed by atoms with E-state index in [1.54, 1.807) is 0 Å². The predicted octanol–water partition coefficient (Wildman–Crippen LogP) is 0.177. The van der Waals surface area contributed by atoms with Crippen LogP contribution in [0, 0.1) is 0 Å². The van der Waals surface area contributed by atoms with Gasteiger partial charge in [0.15, 0.2) is 0 Å². The number of alkyl halides is 5. The Kier molecular flexibility index (Phi) is 7.39. The number of nitrogens with one attached hydrogen (secondary N) is 1. The number of esters is 1. The van der Waals surface area contributed by atoms with Gasteiger partial charge in [-0.2, -0.15) is 30.4 Å². The van der Waals surface area contributed by atoms with Gasteiger partial charge in [0, 0.05) is 6.08 Å². The number of hydrogen-bond acceptors (Lipinski definition) is 7. The maximum atomic E-state index is 13.3. The SMILES string of the molecule is C=CC(=O)OC(OCC(F)(F)S(=O)(=O)O)(C(=O)NCC(C)=O)C(F)(F)F. The lowest BCUT2D eigenvalue weighted by atomic mass is 10.2. The predicted molar refractivity (Wildman–Crippen MR) is 71.2 cm³/mol. The van der Waals surface area contributed by atoms with Gasteiger partial charge in [-0.1, -0.05) is 6.58 Å². The van der Waals surface area contributed by atoms with Crippen LogP contribution in [0.15, 0.2) is 12.7 Å². The smallest absolute Gasteiger partial charge is 0.412 e. The van der Waals surface area contributed by atoms with Crippen molar-refractivity contribution in [3.8, 4) is 0 Å². The fraction of sp³-hybridized carbons (Fsp3) is 0.545. The third kappa shape index (κ3) is 5.70. The quantitative estimate of drug-likeness (QED) is 0.180. The Morgan fingerprint density at radius 1 is 1.19 bits per heavy atom. The number of amides is 1. The largest absolute Gasteiger partial charge is 0.466 e. The molecule has 0 spiro atoms. The van der Waals surface area contributed by atoms with Gasteiger partial charge in [0.25, 0.3) is 0 Å². The van der Waals surface area contributed by atoms with Crippen molar-refractivity contribution >= 4 is 27.8 Å². The molecule has 0 heterocycles. The lowest BCUT2D eigenvalue weighted by Crippen LogP contribution is -2.62. The van der Waals surface area contributed by atoms with Crippen molar-refractivity contribution in [3.63, 3.8) is 0 Å². The van der Waals surface area contributed by atoms with E-state index in [4.69, 9.17) is 4.55 Å². The number of halogens is 5. The third-order valence-corrected chi connectivity index (χ3v) is 3.27. The number of hydrogen-bond donors (Lipinski definition) is 2. The van der Waals surface area contributed by atoms with E-state index in [1.165, 1.54) is 5.32 Å². The van der Waals surface area contributed by atoms with E-state index in [-0.39, 0.29) is 6.08 Å². The molecule has 0 aromatic rings. The Morgan fingerprint density at radius 2 is 1.69 bits per heavy atom. The number of carbonyl (C=O) groups excluding carboxylic acids is 3. The molecule has 0 aliphatic carbocycles. The Hall–Kier alpha value is -2.13. The summed E-state index contributed by atoms with van der Waals surface area (Å²) >= 11 is 0. The number of ether oxygens (including phenoxy) is 2. The first-order valence-electron chi connectivity index (χ1n) is 6.19. The molecule has 2 N–H and O–H groups in total. The van der Waals surface area contributed by atoms with Gasteiger partial charge in [0.2, 0.25) is 0 Å². The molecule has 0 radical (unpaired) electrons. The minimum Gasteiger partial charge on any atom is -0.412 e. The van der Waals surface area contributed by atoms with Crippen molar-refractivity contribution < 1.29 is 58.8 Å². The summed E-state index contributed by atoms with van der Waals surface area (Å²) in [5, 5.41) is -3.95. The molecule has 1 unspecified atom stereocenters. The van der Waals surface area contributed by atoms with Crippen LogP contribution in [0.1, 0.15) is 6.92 Å². The average Bonchev–Trinajstić information content (AvgIpc) is 2.46. The highest BCUT2D eigenvalue weighted by Gasteiger charge is 2.67. The lowest BCUT2D eigenvalue weighted by Gasteiger charge is -2.33. The van der Waals surface area contributed by atoms with E-state index in [0.29, 0.717) is 0 Å². The van der Waals surface area contributed by atoms with E-state index < -0.39 is 58.1 Å². The van der Waals surface area contributed by atoms with E-state index in [2.05, 4.69) is 16.1 Å². The second-order valence-corrected chi connectivity index (χ2v) is 6.07. The van der Waals surface area contributed by atoms with Crippen LogP contribution in [0.4, 0.5) is 22.0 Å². The molecule has 0 rings (SSSR count). The summed E-state index contributed by atoms with van der Waals surface area (Å²) in [5.74, 6) is -9.97. The highest BCUT2D eigenvalue weighted by Crippen LogP contribution is 2.37. The van der Waals surface area contributed by atoms with Gasteiger partial charge in [0.1, 0.15) is 12.4 Å². The fourth-order valence-electron chi connectivity index (χ4n) is 1.17. The van der Waals surface area contributed by atoms with Crippen LogP contribution >= 0.6 is 0 Å². The fourth-order valence-corrected chi connectivity index (χ4v) is 1.38. The maximum absolute atomic E-state index is 13.3. The molecule has 0 aromatic heterocycles. The summed E-state index contributed by atoms with van der Waals surface area (Å²) in [6.45, 7) is -0.159. The summed E-state index contributed by atoms with van der Waals surface area (Å²) in [6.07, 6.45) is -5.87. The molecule has 0 fully saturated rings. The Labute approximate surface area is 142 Å². The minimum absolute atomic E-state index is 0.128. The molecule has 0 bridgehead atoms. The van der Waals surface area contributed by atoms with Crippen LogP contribution in [0.25, 0.3) is 0 Å². The van der Waals surface area contributed by atoms with Crippen molar-refractivity contribution in [2.24, 2.45) is 0 Å². The topological polar surface area (TPSA) is 136 Å². The zero-order valence-corrected chi connectivity index (χ0v) is 13.6. The molecule has 1 atom stereocenters. The van der Waals surface area contributed by atoms with Gasteiger partial charge < -0.3 is 14.8 Å². The lowest BCUT2D eigenvalue weighted by molar-refractivity contribution is -0.352. The van der Waals surface area contributed by atoms with E-state index >= 15 is 0 Å². The first-order valence-corrected chi connectivity index (χ1v) is 7.63. The molecule has 0 aliphatic heterocycles. The first-order chi connectivity index (χ1) is 11.5. The van der Waals surface area contributed by atoms with Gasteiger partial charge in [0.05, 0.1) is 6.54 Å². The summed E-state index contributed by atoms with van der Waals surface area (Å²) in [6, 6.07) is 0. The molecule has 0 saturated heterocycles. The van der Waals surface area contributed by atoms with E-state index in [9.17, 15) is 44.8 Å². The van der Waals surface area contributed by atoms with Crippen LogP contribution in [-0.2, 0) is 34.0 Å². The van der Waals surface area contributed by atoms with Crippen molar-refractivity contribution in [2.45, 2.75) is 24.1 Å². The van der Waals surface area contributed by atoms with Gasteiger partial charge in [-0.15, -0.1) is 0 Å². The Balaban J connectivity index is 6.03. The highest BCUT2D eigenvalue weighted by molar-refractivity contribution is 7.86. The zero-order chi connectivity index (χ0) is 21.0. The van der Waals surface area contributed by atoms with Crippen LogP contribution in [0.3, 0.4) is 0 Å². The number of carbonyl (C=O) groups is 3. The zero-order valence-electron chi connectivity index (χ0n) is 12.8. The number of Topliss-reactive ketones (excluding diaryl/α,β-unsaturated/α-hetero) is 1. The summed E-state index contributed by atoms with van der Waals surface area (Å²) in [4.78, 5) is 33.6. The molecular weight excluding hydrogens is 401 g/mol. The summed E-state index contributed by atoms with van der Waals surface area (Å²) in [5.41, 5.74) is 0. The minimum atomic E-state index is -6.23. The molecule has 26 heavy (non-hydrogen) atoms. The van der Waals surface area contributed by atoms with Crippen LogP contribution in [-0.4, -0.2) is 61.0 Å². The summed E-state index contributed by atoms with van der Waals surface area (Å²) < 4.78 is 103. The second kappa shape index (κ2) is 8.05. The molecule has 0 saturated carbocycles. The highest BCUT2D eigenvalue weighted by atomic mass is 32.2. The normalized spacial score (nSPS) is 14.9. The molecule has 0 aromatic carbocycles. The van der Waals surface area contributed by atoms with E-state index in [1.807, 2.05) is 0 Å².